The highest BCUT2D eigenvalue weighted by Gasteiger charge is 2.68. The van der Waals surface area contributed by atoms with E-state index >= 15 is 0 Å². The van der Waals surface area contributed by atoms with Crippen molar-refractivity contribution in [3.63, 3.8) is 0 Å². The minimum Gasteiger partial charge on any atom is -0.394 e. The van der Waals surface area contributed by atoms with Crippen LogP contribution < -0.4 is 0 Å². The van der Waals surface area contributed by atoms with Gasteiger partial charge in [-0.15, -0.1) is 0 Å². The Kier molecular flexibility index (Phi) is 18.6. The van der Waals surface area contributed by atoms with Crippen LogP contribution in [0.15, 0.2) is 12.2 Å². The van der Waals surface area contributed by atoms with Gasteiger partial charge in [0.05, 0.1) is 44.2 Å². The van der Waals surface area contributed by atoms with Crippen molar-refractivity contribution in [1.29, 1.82) is 0 Å². The SMILES string of the molecule is CC(C)(/C=C/C[C@](C)(O[C@@H]1O[C@H](CO[C@H]2OC[C@H](O)[C@@H](O)[C@@H]2O)[C@@H](O)[C@@H](O)[C@H]1O)[C@H]1CC[C@@H]2[C@@H]1[C@H](O)C[C@H]1[C@@]2(C)CC[C@@H]2C(C)(C)[C@@H](O[C@@H]3O[C@H](CO)[C@@H](O)[C@H](O)[C@H]3O[C@@H]3O[C@H](CO)[C@@H](O)[C@H](O)[C@H]3O)CC[C@]12C)OO. The van der Waals surface area contributed by atoms with Gasteiger partial charge in [-0.1, -0.05) is 39.8 Å². The zero-order valence-corrected chi connectivity index (χ0v) is 44.5. The van der Waals surface area contributed by atoms with Crippen molar-refractivity contribution < 1.29 is 120 Å². The predicted octanol–water partition coefficient (Wildman–Crippen LogP) is -2.49. The van der Waals surface area contributed by atoms with Crippen LogP contribution in [0.25, 0.3) is 0 Å². The average molecular weight is 1100 g/mol. The van der Waals surface area contributed by atoms with E-state index in [9.17, 15) is 76.7 Å². The third kappa shape index (κ3) is 11.1. The maximum absolute atomic E-state index is 12.7. The topological polar surface area (TPSA) is 387 Å². The summed E-state index contributed by atoms with van der Waals surface area (Å²) in [6.07, 6.45) is -23.1. The van der Waals surface area contributed by atoms with E-state index in [1.807, 2.05) is 6.92 Å². The number of ether oxygens (including phenoxy) is 8. The van der Waals surface area contributed by atoms with Gasteiger partial charge in [-0.2, -0.15) is 0 Å². The van der Waals surface area contributed by atoms with E-state index in [0.29, 0.717) is 25.7 Å². The summed E-state index contributed by atoms with van der Waals surface area (Å²) < 4.78 is 48.5. The molecule has 4 saturated heterocycles. The van der Waals surface area contributed by atoms with Gasteiger partial charge in [0.1, 0.15) is 97.2 Å². The molecular weight excluding hydrogens is 1010 g/mol. The smallest absolute Gasteiger partial charge is 0.187 e. The Hall–Kier alpha value is -1.22. The van der Waals surface area contributed by atoms with Gasteiger partial charge in [0.2, 0.25) is 0 Å². The average Bonchev–Trinajstić information content (AvgIpc) is 3.98. The molecule has 4 aliphatic heterocycles. The van der Waals surface area contributed by atoms with E-state index in [2.05, 4.69) is 32.6 Å². The molecule has 0 aromatic rings. The van der Waals surface area contributed by atoms with Crippen molar-refractivity contribution in [2.24, 2.45) is 45.8 Å². The number of fused-ring (bicyclic) bond motifs is 5. The van der Waals surface area contributed by atoms with Gasteiger partial charge >= 0.3 is 0 Å². The first kappa shape index (κ1) is 60.9. The Morgan fingerprint density at radius 1 is 0.579 bits per heavy atom. The van der Waals surface area contributed by atoms with Gasteiger partial charge in [-0.05, 0) is 118 Å². The van der Waals surface area contributed by atoms with Gasteiger partial charge in [0, 0.05) is 0 Å². The molecule has 0 bridgehead atoms. The molecule has 76 heavy (non-hydrogen) atoms. The quantitative estimate of drug-likeness (QED) is 0.0329. The van der Waals surface area contributed by atoms with E-state index in [4.69, 9.17) is 37.9 Å². The highest BCUT2D eigenvalue weighted by atomic mass is 17.1. The number of aliphatic hydroxyl groups excluding tert-OH is 14. The van der Waals surface area contributed by atoms with Crippen LogP contribution in [0.3, 0.4) is 0 Å². The van der Waals surface area contributed by atoms with Gasteiger partial charge in [-0.3, -0.25) is 5.26 Å². The Bertz CT molecular complexity index is 1950. The first-order chi connectivity index (χ1) is 35.6. The van der Waals surface area contributed by atoms with Crippen LogP contribution in [0.1, 0.15) is 99.8 Å². The lowest BCUT2D eigenvalue weighted by Crippen LogP contribution is -2.66. The van der Waals surface area contributed by atoms with Gasteiger partial charge in [0.25, 0.3) is 0 Å². The fraction of sp³-hybridized carbons (Fsp3) is 0.962. The summed E-state index contributed by atoms with van der Waals surface area (Å²) in [4.78, 5) is 4.69. The second-order valence-electron chi connectivity index (χ2n) is 25.1. The molecule has 0 spiro atoms. The molecule has 0 unspecified atom stereocenters. The summed E-state index contributed by atoms with van der Waals surface area (Å²) in [5.41, 5.74) is -3.49. The fourth-order valence-corrected chi connectivity index (χ4v) is 15.5. The highest BCUT2D eigenvalue weighted by Crippen LogP contribution is 2.72. The Labute approximate surface area is 442 Å². The molecule has 440 valence electrons. The lowest BCUT2D eigenvalue weighted by atomic mass is 9.38. The zero-order chi connectivity index (χ0) is 55.8. The van der Waals surface area contributed by atoms with Gasteiger partial charge < -0.3 is 109 Å². The maximum Gasteiger partial charge on any atom is 0.187 e. The first-order valence-electron chi connectivity index (χ1n) is 27.2. The molecule has 4 heterocycles. The van der Waals surface area contributed by atoms with E-state index < -0.39 is 165 Å². The number of aliphatic hydroxyl groups is 14. The second kappa shape index (κ2) is 23.2. The molecule has 24 heteroatoms. The van der Waals surface area contributed by atoms with Crippen LogP contribution in [0, 0.1) is 45.8 Å². The molecule has 29 atom stereocenters. The molecule has 8 aliphatic rings. The Morgan fingerprint density at radius 2 is 1.16 bits per heavy atom. The molecule has 8 fully saturated rings. The van der Waals surface area contributed by atoms with Crippen molar-refractivity contribution in [2.75, 3.05) is 26.4 Å². The van der Waals surface area contributed by atoms with Crippen molar-refractivity contribution >= 4 is 0 Å². The summed E-state index contributed by atoms with van der Waals surface area (Å²) in [7, 11) is 0. The molecule has 4 saturated carbocycles. The fourth-order valence-electron chi connectivity index (χ4n) is 15.5. The van der Waals surface area contributed by atoms with Crippen LogP contribution >= 0.6 is 0 Å². The van der Waals surface area contributed by atoms with Crippen molar-refractivity contribution in [3.05, 3.63) is 12.2 Å². The maximum atomic E-state index is 12.7. The van der Waals surface area contributed by atoms with E-state index in [1.54, 1.807) is 26.0 Å². The zero-order valence-electron chi connectivity index (χ0n) is 44.5. The van der Waals surface area contributed by atoms with E-state index in [-0.39, 0.29) is 53.4 Å². The Morgan fingerprint density at radius 3 is 1.80 bits per heavy atom. The molecule has 0 radical (unpaired) electrons. The molecule has 0 aromatic carbocycles. The normalized spacial score (nSPS) is 51.7. The summed E-state index contributed by atoms with van der Waals surface area (Å²) in [6, 6.07) is 0. The molecule has 0 amide bonds. The number of hydrogen-bond acceptors (Lipinski definition) is 24. The van der Waals surface area contributed by atoms with E-state index in [0.717, 1.165) is 19.3 Å². The summed E-state index contributed by atoms with van der Waals surface area (Å²) in [5, 5.41) is 161. The van der Waals surface area contributed by atoms with Crippen molar-refractivity contribution in [3.8, 4) is 0 Å². The number of hydrogen-bond donors (Lipinski definition) is 15. The van der Waals surface area contributed by atoms with Crippen molar-refractivity contribution in [2.45, 2.75) is 240 Å². The third-order valence-electron chi connectivity index (χ3n) is 19.8. The lowest BCUT2D eigenvalue weighted by molar-refractivity contribution is -0.378. The predicted molar refractivity (Wildman–Crippen MR) is 258 cm³/mol. The third-order valence-corrected chi connectivity index (χ3v) is 19.8. The van der Waals surface area contributed by atoms with Gasteiger partial charge in [-0.25, -0.2) is 4.89 Å². The summed E-state index contributed by atoms with van der Waals surface area (Å²) >= 11 is 0. The van der Waals surface area contributed by atoms with Crippen LogP contribution in [0.5, 0.6) is 0 Å². The minimum atomic E-state index is -1.82. The Balaban J connectivity index is 1.01. The molecule has 8 rings (SSSR count). The highest BCUT2D eigenvalue weighted by molar-refractivity contribution is 5.17. The minimum absolute atomic E-state index is 0.00562. The largest absolute Gasteiger partial charge is 0.394 e. The van der Waals surface area contributed by atoms with Crippen molar-refractivity contribution in [1.82, 2.24) is 0 Å². The van der Waals surface area contributed by atoms with Crippen LogP contribution in [0.4, 0.5) is 0 Å². The second-order valence-corrected chi connectivity index (χ2v) is 25.1. The molecule has 24 nitrogen and oxygen atoms in total. The molecule has 0 aromatic heterocycles. The number of rotatable bonds is 16. The standard InChI is InChI=1S/C52H88O24/c1-48(2,76-67)13-8-14-52(7,75-46-42(66)38(62)36(60)28(72-46)21-69-44-40(64)33(57)25(56)20-68-44)23-10-9-22-32(23)24(55)17-30-50(22,5)15-11-29-49(3,4)31(12-16-51(29,30)6)73-47-43(39(63)35(59)27(19-54)71-47)74-45-41(65)37(61)34(58)26(18-53)70-45/h8,13,22-47,53-67H,9-12,14-21H2,1-7H3/b13-8+/t22-,23+,24-,25+,26-,27-,28-,29-,30+,31+,32+,33-,34-,35-,36-,37+,38-,39+,40+,41-,42-,43-,44-,45+,46+,47+,50+,51+,52+/m1/s1. The molecule has 4 aliphatic carbocycles. The van der Waals surface area contributed by atoms with Crippen LogP contribution in [-0.4, -0.2) is 243 Å². The summed E-state index contributed by atoms with van der Waals surface area (Å²) in [6.45, 7) is 11.8. The molecular formula is C52H88O24. The van der Waals surface area contributed by atoms with E-state index in [1.165, 1.54) is 0 Å². The van der Waals surface area contributed by atoms with Crippen LogP contribution in [-0.2, 0) is 42.8 Å². The monoisotopic (exact) mass is 1100 g/mol. The first-order valence-corrected chi connectivity index (χ1v) is 27.2. The molecule has 15 N–H and O–H groups in total. The summed E-state index contributed by atoms with van der Waals surface area (Å²) in [5.74, 6) is -0.588. The van der Waals surface area contributed by atoms with Gasteiger partial charge in [0.15, 0.2) is 25.2 Å². The van der Waals surface area contributed by atoms with Crippen LogP contribution in [0.2, 0.25) is 0 Å². The lowest BCUT2D eigenvalue weighted by Gasteiger charge is -2.68.